The second-order valence-electron chi connectivity index (χ2n) is 8.23. The molecule has 1 aliphatic carbocycles. The molecule has 1 aromatic rings. The van der Waals surface area contributed by atoms with Gasteiger partial charge in [-0.3, -0.25) is 9.69 Å². The molecule has 0 aromatic carbocycles. The Bertz CT molecular complexity index is 623. The van der Waals surface area contributed by atoms with E-state index in [9.17, 15) is 4.79 Å². The van der Waals surface area contributed by atoms with Gasteiger partial charge in [-0.15, -0.1) is 11.3 Å². The fourth-order valence-electron chi connectivity index (χ4n) is 4.80. The predicted octanol–water partition coefficient (Wildman–Crippen LogP) is 3.19. The molecular formula is C20H32N4OS2. The highest BCUT2D eigenvalue weighted by Crippen LogP contribution is 2.35. The number of likely N-dealkylation sites (tertiary alicyclic amines) is 1. The summed E-state index contributed by atoms with van der Waals surface area (Å²) in [5.41, 5.74) is 1.12. The Morgan fingerprint density at radius 3 is 2.70 bits per heavy atom. The van der Waals surface area contributed by atoms with Crippen LogP contribution in [0.25, 0.3) is 0 Å². The molecule has 0 spiro atoms. The van der Waals surface area contributed by atoms with Gasteiger partial charge >= 0.3 is 0 Å². The van der Waals surface area contributed by atoms with Gasteiger partial charge in [0.2, 0.25) is 5.91 Å². The molecule has 150 valence electrons. The number of nitrogens with zero attached hydrogens (tertiary/aromatic N) is 2. The number of aromatic nitrogens is 1. The van der Waals surface area contributed by atoms with E-state index in [2.05, 4.69) is 32.8 Å². The van der Waals surface area contributed by atoms with E-state index >= 15 is 0 Å². The second kappa shape index (κ2) is 9.25. The van der Waals surface area contributed by atoms with Crippen molar-refractivity contribution in [3.63, 3.8) is 0 Å². The molecule has 1 aromatic heterocycles. The molecule has 2 N–H and O–H groups in total. The third-order valence-electron chi connectivity index (χ3n) is 6.26. The summed E-state index contributed by atoms with van der Waals surface area (Å²) in [4.78, 5) is 20.0. The third kappa shape index (κ3) is 5.05. The van der Waals surface area contributed by atoms with Gasteiger partial charge in [-0.1, -0.05) is 11.8 Å². The van der Waals surface area contributed by atoms with Crippen LogP contribution in [0.5, 0.6) is 0 Å². The molecule has 2 saturated heterocycles. The number of amides is 1. The van der Waals surface area contributed by atoms with Crippen LogP contribution in [0.2, 0.25) is 0 Å². The Kier molecular flexibility index (Phi) is 6.74. The van der Waals surface area contributed by atoms with Gasteiger partial charge in [-0.05, 0) is 77.9 Å². The van der Waals surface area contributed by atoms with Gasteiger partial charge in [-0.2, -0.15) is 0 Å². The molecule has 3 heterocycles. The number of thiazole rings is 1. The zero-order valence-corrected chi connectivity index (χ0v) is 17.9. The van der Waals surface area contributed by atoms with E-state index in [1.54, 1.807) is 11.3 Å². The molecule has 3 fully saturated rings. The van der Waals surface area contributed by atoms with Crippen molar-refractivity contribution in [3.8, 4) is 0 Å². The van der Waals surface area contributed by atoms with Crippen LogP contribution in [0.15, 0.2) is 9.72 Å². The van der Waals surface area contributed by atoms with Crippen LogP contribution >= 0.6 is 23.1 Å². The van der Waals surface area contributed by atoms with Gasteiger partial charge in [0, 0.05) is 28.4 Å². The van der Waals surface area contributed by atoms with Crippen molar-refractivity contribution in [3.05, 3.63) is 11.1 Å². The number of aryl methyl sites for hydroxylation is 1. The van der Waals surface area contributed by atoms with E-state index in [1.165, 1.54) is 36.4 Å². The largest absolute Gasteiger partial charge is 0.352 e. The molecule has 0 bridgehead atoms. The predicted molar refractivity (Wildman–Crippen MR) is 113 cm³/mol. The van der Waals surface area contributed by atoms with Gasteiger partial charge in [0.25, 0.3) is 0 Å². The van der Waals surface area contributed by atoms with Gasteiger partial charge < -0.3 is 10.6 Å². The lowest BCUT2D eigenvalue weighted by atomic mass is 9.94. The van der Waals surface area contributed by atoms with E-state index in [0.29, 0.717) is 17.3 Å². The first-order chi connectivity index (χ1) is 13.2. The maximum atomic E-state index is 13.0. The summed E-state index contributed by atoms with van der Waals surface area (Å²) >= 11 is 3.69. The summed E-state index contributed by atoms with van der Waals surface area (Å²) in [7, 11) is 0. The van der Waals surface area contributed by atoms with Crippen LogP contribution < -0.4 is 10.6 Å². The number of nitrogens with one attached hydrogen (secondary N) is 2. The van der Waals surface area contributed by atoms with Crippen molar-refractivity contribution in [1.29, 1.82) is 0 Å². The minimum absolute atomic E-state index is 0.110. The minimum Gasteiger partial charge on any atom is -0.352 e. The molecular weight excluding hydrogens is 376 g/mol. The average Bonchev–Trinajstić information content (AvgIpc) is 3.33. The molecule has 1 saturated carbocycles. The van der Waals surface area contributed by atoms with Crippen molar-refractivity contribution in [2.24, 2.45) is 0 Å². The van der Waals surface area contributed by atoms with Crippen LogP contribution in [0, 0.1) is 6.92 Å². The van der Waals surface area contributed by atoms with E-state index in [-0.39, 0.29) is 11.9 Å². The standard InChI is InChI=1S/C20H32N4OS2/c1-14-13-26-20(22-14)27-17-6-4-15(5-7-17)23-19(25)18-3-2-12-24(18)16-8-10-21-11-9-16/h13,15-18,21H,2-12H2,1H3,(H,23,25)/t15?,17?,18-/m0/s1. The Morgan fingerprint density at radius 2 is 2.00 bits per heavy atom. The molecule has 4 rings (SSSR count). The lowest BCUT2D eigenvalue weighted by Crippen LogP contribution is -2.52. The SMILES string of the molecule is Cc1csc(SC2CCC(NC(=O)[C@@H]3CCCN3C3CCNCC3)CC2)n1. The Labute approximate surface area is 171 Å². The molecule has 0 unspecified atom stereocenters. The lowest BCUT2D eigenvalue weighted by molar-refractivity contribution is -0.127. The average molecular weight is 409 g/mol. The second-order valence-corrected chi connectivity index (χ2v) is 10.6. The van der Waals surface area contributed by atoms with Gasteiger partial charge in [0.1, 0.15) is 4.34 Å². The smallest absolute Gasteiger partial charge is 0.237 e. The van der Waals surface area contributed by atoms with Crippen molar-refractivity contribution >= 4 is 29.0 Å². The molecule has 3 aliphatic rings. The first-order valence-corrected chi connectivity index (χ1v) is 12.3. The first-order valence-electron chi connectivity index (χ1n) is 10.5. The monoisotopic (exact) mass is 408 g/mol. The first kappa shape index (κ1) is 19.7. The van der Waals surface area contributed by atoms with E-state index in [4.69, 9.17) is 0 Å². The summed E-state index contributed by atoms with van der Waals surface area (Å²) in [6, 6.07) is 1.07. The number of thioether (sulfide) groups is 1. The van der Waals surface area contributed by atoms with Crippen LogP contribution in [0.3, 0.4) is 0 Å². The number of hydrogen-bond acceptors (Lipinski definition) is 6. The highest BCUT2D eigenvalue weighted by molar-refractivity contribution is 8.01. The summed E-state index contributed by atoms with van der Waals surface area (Å²) in [5.74, 6) is 0.290. The van der Waals surface area contributed by atoms with Crippen LogP contribution in [0.1, 0.15) is 57.1 Å². The number of rotatable bonds is 5. The number of hydrogen-bond donors (Lipinski definition) is 2. The quantitative estimate of drug-likeness (QED) is 0.784. The molecule has 5 nitrogen and oxygen atoms in total. The normalized spacial score (nSPS) is 30.5. The van der Waals surface area contributed by atoms with Crippen LogP contribution in [-0.2, 0) is 4.79 Å². The maximum Gasteiger partial charge on any atom is 0.237 e. The summed E-state index contributed by atoms with van der Waals surface area (Å²) in [6.45, 7) is 5.34. The van der Waals surface area contributed by atoms with Gasteiger partial charge in [0.15, 0.2) is 0 Å². The maximum absolute atomic E-state index is 13.0. The molecule has 27 heavy (non-hydrogen) atoms. The zero-order chi connectivity index (χ0) is 18.6. The molecule has 1 atom stereocenters. The topological polar surface area (TPSA) is 57.3 Å². The molecule has 1 amide bonds. The van der Waals surface area contributed by atoms with Gasteiger partial charge in [-0.25, -0.2) is 4.98 Å². The molecule has 2 aliphatic heterocycles. The highest BCUT2D eigenvalue weighted by atomic mass is 32.2. The van der Waals surface area contributed by atoms with E-state index in [1.807, 2.05) is 11.8 Å². The van der Waals surface area contributed by atoms with Crippen molar-refractivity contribution in [2.75, 3.05) is 19.6 Å². The third-order valence-corrected chi connectivity index (χ3v) is 8.69. The number of carbonyl (C=O) groups is 1. The van der Waals surface area contributed by atoms with Crippen molar-refractivity contribution < 1.29 is 4.79 Å². The van der Waals surface area contributed by atoms with Crippen molar-refractivity contribution in [1.82, 2.24) is 20.5 Å². The fraction of sp³-hybridized carbons (Fsp3) is 0.800. The zero-order valence-electron chi connectivity index (χ0n) is 16.3. The van der Waals surface area contributed by atoms with Gasteiger partial charge in [0.05, 0.1) is 6.04 Å². The molecule has 7 heteroatoms. The van der Waals surface area contributed by atoms with E-state index < -0.39 is 0 Å². The van der Waals surface area contributed by atoms with Crippen LogP contribution in [0.4, 0.5) is 0 Å². The Balaban J connectivity index is 1.24. The Hall–Kier alpha value is -0.630. The van der Waals surface area contributed by atoms with Crippen molar-refractivity contribution in [2.45, 2.75) is 86.0 Å². The highest BCUT2D eigenvalue weighted by Gasteiger charge is 2.36. The Morgan fingerprint density at radius 1 is 1.22 bits per heavy atom. The summed E-state index contributed by atoms with van der Waals surface area (Å²) in [5, 5.41) is 9.62. The fourth-order valence-corrected chi connectivity index (χ4v) is 7.08. The summed E-state index contributed by atoms with van der Waals surface area (Å²) < 4.78 is 1.20. The number of carbonyl (C=O) groups excluding carboxylic acids is 1. The molecule has 0 radical (unpaired) electrons. The van der Waals surface area contributed by atoms with Crippen LogP contribution in [-0.4, -0.2) is 58.8 Å². The summed E-state index contributed by atoms with van der Waals surface area (Å²) in [6.07, 6.45) is 9.13. The number of piperidine rings is 1. The lowest BCUT2D eigenvalue weighted by Gasteiger charge is -2.36. The minimum atomic E-state index is 0.110. The van der Waals surface area contributed by atoms with E-state index in [0.717, 1.165) is 44.6 Å².